The number of aromatic nitrogens is 2. The van der Waals surface area contributed by atoms with Crippen LogP contribution in [0, 0.1) is 11.3 Å². The summed E-state index contributed by atoms with van der Waals surface area (Å²) in [5.74, 6) is -0.746. The molecule has 0 aromatic carbocycles. The van der Waals surface area contributed by atoms with Crippen molar-refractivity contribution < 1.29 is 14.6 Å². The molecule has 19 heavy (non-hydrogen) atoms. The van der Waals surface area contributed by atoms with E-state index in [-0.39, 0.29) is 17.9 Å². The van der Waals surface area contributed by atoms with Gasteiger partial charge >= 0.3 is 5.97 Å². The molecule has 1 N–H and O–H groups in total. The largest absolute Gasteiger partial charge is 0.487 e. The summed E-state index contributed by atoms with van der Waals surface area (Å²) < 4.78 is 5.41. The zero-order chi connectivity index (χ0) is 13.7. The van der Waals surface area contributed by atoms with Crippen LogP contribution in [0.3, 0.4) is 0 Å². The average Bonchev–Trinajstić information content (AvgIpc) is 2.45. The SMILES string of the molecule is N#Cc1ncccc1COc1cncc(C(=O)O)c1. The normalized spacial score (nSPS) is 9.63. The molecule has 0 radical (unpaired) electrons. The van der Waals surface area contributed by atoms with E-state index in [0.29, 0.717) is 11.3 Å². The van der Waals surface area contributed by atoms with Crippen LogP contribution in [0.1, 0.15) is 21.6 Å². The van der Waals surface area contributed by atoms with Gasteiger partial charge in [0.2, 0.25) is 0 Å². The van der Waals surface area contributed by atoms with E-state index in [1.165, 1.54) is 24.7 Å². The third-order valence-electron chi connectivity index (χ3n) is 2.35. The Morgan fingerprint density at radius 1 is 1.47 bits per heavy atom. The highest BCUT2D eigenvalue weighted by atomic mass is 16.5. The highest BCUT2D eigenvalue weighted by molar-refractivity contribution is 5.87. The standard InChI is InChI=1S/C13H9N3O3/c14-5-12-9(2-1-3-16-12)8-19-11-4-10(13(17)18)6-15-7-11/h1-4,6-7H,8H2,(H,17,18). The fourth-order valence-electron chi connectivity index (χ4n) is 1.43. The van der Waals surface area contributed by atoms with E-state index in [4.69, 9.17) is 15.1 Å². The molecule has 0 saturated heterocycles. The van der Waals surface area contributed by atoms with E-state index in [9.17, 15) is 4.79 Å². The van der Waals surface area contributed by atoms with Crippen LogP contribution < -0.4 is 4.74 Å². The number of nitriles is 1. The van der Waals surface area contributed by atoms with Crippen LogP contribution in [-0.2, 0) is 6.61 Å². The molecule has 0 atom stereocenters. The maximum Gasteiger partial charge on any atom is 0.337 e. The molecule has 0 aliphatic rings. The summed E-state index contributed by atoms with van der Waals surface area (Å²) in [5, 5.41) is 17.7. The Hall–Kier alpha value is -2.94. The lowest BCUT2D eigenvalue weighted by atomic mass is 10.2. The highest BCUT2D eigenvalue weighted by Crippen LogP contribution is 2.14. The number of aromatic carboxylic acids is 1. The second-order valence-corrected chi connectivity index (χ2v) is 3.63. The van der Waals surface area contributed by atoms with Crippen LogP contribution in [0.4, 0.5) is 0 Å². The zero-order valence-corrected chi connectivity index (χ0v) is 9.78. The lowest BCUT2D eigenvalue weighted by molar-refractivity contribution is 0.0696. The van der Waals surface area contributed by atoms with Crippen molar-refractivity contribution in [2.45, 2.75) is 6.61 Å². The molecule has 0 fully saturated rings. The molecule has 0 spiro atoms. The fourth-order valence-corrected chi connectivity index (χ4v) is 1.43. The molecule has 94 valence electrons. The minimum absolute atomic E-state index is 0.0455. The van der Waals surface area contributed by atoms with Crippen LogP contribution in [0.25, 0.3) is 0 Å². The van der Waals surface area contributed by atoms with Crippen molar-refractivity contribution in [2.24, 2.45) is 0 Å². The first kappa shape index (κ1) is 12.5. The number of hydrogen-bond donors (Lipinski definition) is 1. The number of pyridine rings is 2. The summed E-state index contributed by atoms with van der Waals surface area (Å²) >= 11 is 0. The van der Waals surface area contributed by atoms with E-state index in [1.54, 1.807) is 12.1 Å². The first-order valence-corrected chi connectivity index (χ1v) is 5.36. The summed E-state index contributed by atoms with van der Waals surface area (Å²) in [5.41, 5.74) is 0.958. The minimum atomic E-state index is -1.07. The van der Waals surface area contributed by atoms with Crippen molar-refractivity contribution in [3.63, 3.8) is 0 Å². The molecule has 0 bridgehead atoms. The van der Waals surface area contributed by atoms with Gasteiger partial charge in [0, 0.05) is 18.0 Å². The van der Waals surface area contributed by atoms with Gasteiger partial charge in [-0.2, -0.15) is 5.26 Å². The molecule has 0 amide bonds. The lowest BCUT2D eigenvalue weighted by Crippen LogP contribution is -2.02. The van der Waals surface area contributed by atoms with Gasteiger partial charge in [0.1, 0.15) is 24.1 Å². The third kappa shape index (κ3) is 3.04. The number of carbonyl (C=O) groups is 1. The second-order valence-electron chi connectivity index (χ2n) is 3.63. The van der Waals surface area contributed by atoms with Gasteiger partial charge in [-0.1, -0.05) is 6.07 Å². The van der Waals surface area contributed by atoms with E-state index in [2.05, 4.69) is 9.97 Å². The molecule has 0 unspecified atom stereocenters. The van der Waals surface area contributed by atoms with Crippen LogP contribution in [0.15, 0.2) is 36.8 Å². The molecule has 0 aliphatic carbocycles. The summed E-state index contributed by atoms with van der Waals surface area (Å²) in [6, 6.07) is 6.76. The Balaban J connectivity index is 2.13. The Morgan fingerprint density at radius 3 is 3.05 bits per heavy atom. The molecule has 2 aromatic heterocycles. The molecule has 2 aromatic rings. The van der Waals surface area contributed by atoms with Gasteiger partial charge < -0.3 is 9.84 Å². The Morgan fingerprint density at radius 2 is 2.32 bits per heavy atom. The minimum Gasteiger partial charge on any atom is -0.487 e. The van der Waals surface area contributed by atoms with Gasteiger partial charge in [0.15, 0.2) is 0 Å². The monoisotopic (exact) mass is 255 g/mol. The Bertz CT molecular complexity index is 650. The predicted octanol–water partition coefficient (Wildman–Crippen LogP) is 1.63. The number of carboxylic acids is 1. The third-order valence-corrected chi connectivity index (χ3v) is 2.35. The maximum absolute atomic E-state index is 10.8. The molecule has 0 saturated carbocycles. The smallest absolute Gasteiger partial charge is 0.337 e. The molecular formula is C13H9N3O3. The Labute approximate surface area is 108 Å². The van der Waals surface area contributed by atoms with Crippen molar-refractivity contribution >= 4 is 5.97 Å². The highest BCUT2D eigenvalue weighted by Gasteiger charge is 2.07. The van der Waals surface area contributed by atoms with Gasteiger partial charge in [0.25, 0.3) is 0 Å². The molecular weight excluding hydrogens is 246 g/mol. The van der Waals surface area contributed by atoms with E-state index >= 15 is 0 Å². The fraction of sp³-hybridized carbons (Fsp3) is 0.0769. The van der Waals surface area contributed by atoms with E-state index in [0.717, 1.165) is 0 Å². The Kier molecular flexibility index (Phi) is 3.69. The van der Waals surface area contributed by atoms with Crippen LogP contribution in [0.5, 0.6) is 5.75 Å². The van der Waals surface area contributed by atoms with Crippen molar-refractivity contribution in [3.05, 3.63) is 53.6 Å². The number of hydrogen-bond acceptors (Lipinski definition) is 5. The number of carboxylic acid groups (broad SMARTS) is 1. The molecule has 0 aliphatic heterocycles. The van der Waals surface area contributed by atoms with Crippen molar-refractivity contribution in [3.8, 4) is 11.8 Å². The quantitative estimate of drug-likeness (QED) is 0.891. The van der Waals surface area contributed by atoms with Gasteiger partial charge in [-0.15, -0.1) is 0 Å². The van der Waals surface area contributed by atoms with Crippen molar-refractivity contribution in [1.29, 1.82) is 5.26 Å². The van der Waals surface area contributed by atoms with Gasteiger partial charge in [0.05, 0.1) is 11.8 Å². The molecule has 2 heterocycles. The van der Waals surface area contributed by atoms with Crippen LogP contribution >= 0.6 is 0 Å². The molecule has 6 heteroatoms. The second kappa shape index (κ2) is 5.60. The van der Waals surface area contributed by atoms with Crippen molar-refractivity contribution in [2.75, 3.05) is 0 Å². The van der Waals surface area contributed by atoms with E-state index < -0.39 is 5.97 Å². The summed E-state index contributed by atoms with van der Waals surface area (Å²) in [4.78, 5) is 18.5. The number of nitrogens with zero attached hydrogens (tertiary/aromatic N) is 3. The average molecular weight is 255 g/mol. The maximum atomic E-state index is 10.8. The zero-order valence-electron chi connectivity index (χ0n) is 9.78. The van der Waals surface area contributed by atoms with Crippen LogP contribution in [-0.4, -0.2) is 21.0 Å². The summed E-state index contributed by atoms with van der Waals surface area (Å²) in [7, 11) is 0. The van der Waals surface area contributed by atoms with E-state index in [1.807, 2.05) is 6.07 Å². The first-order chi connectivity index (χ1) is 9.20. The summed E-state index contributed by atoms with van der Waals surface area (Å²) in [6.07, 6.45) is 4.17. The van der Waals surface area contributed by atoms with Crippen LogP contribution in [0.2, 0.25) is 0 Å². The first-order valence-electron chi connectivity index (χ1n) is 5.36. The molecule has 2 rings (SSSR count). The topological polar surface area (TPSA) is 96.1 Å². The summed E-state index contributed by atoms with van der Waals surface area (Å²) in [6.45, 7) is 0.126. The van der Waals surface area contributed by atoms with Gasteiger partial charge in [-0.05, 0) is 12.1 Å². The van der Waals surface area contributed by atoms with Gasteiger partial charge in [-0.3, -0.25) is 4.98 Å². The van der Waals surface area contributed by atoms with Gasteiger partial charge in [-0.25, -0.2) is 9.78 Å². The number of rotatable bonds is 4. The molecule has 6 nitrogen and oxygen atoms in total. The number of ether oxygens (including phenoxy) is 1. The lowest BCUT2D eigenvalue weighted by Gasteiger charge is -2.07. The van der Waals surface area contributed by atoms with Crippen molar-refractivity contribution in [1.82, 2.24) is 9.97 Å². The predicted molar refractivity (Wildman–Crippen MR) is 64.5 cm³/mol.